The van der Waals surface area contributed by atoms with Gasteiger partial charge in [-0.15, -0.1) is 0 Å². The molecule has 1 aromatic carbocycles. The largest absolute Gasteiger partial charge is 0.317 e. The molecule has 2 atom stereocenters. The van der Waals surface area contributed by atoms with Gasteiger partial charge in [0.2, 0.25) is 0 Å². The van der Waals surface area contributed by atoms with Gasteiger partial charge in [0.15, 0.2) is 0 Å². The molecule has 2 heteroatoms. The summed E-state index contributed by atoms with van der Waals surface area (Å²) >= 11 is 0. The van der Waals surface area contributed by atoms with Gasteiger partial charge in [-0.3, -0.25) is 4.90 Å². The van der Waals surface area contributed by atoms with E-state index >= 15 is 0 Å². The lowest BCUT2D eigenvalue weighted by Crippen LogP contribution is -2.34. The fourth-order valence-electron chi connectivity index (χ4n) is 3.35. The number of nitrogens with zero attached hydrogens (tertiary/aromatic N) is 1. The Morgan fingerprint density at radius 3 is 2.89 bits per heavy atom. The van der Waals surface area contributed by atoms with Crippen LogP contribution in [0, 0.1) is 12.8 Å². The quantitative estimate of drug-likeness (QED) is 0.893. The van der Waals surface area contributed by atoms with Crippen molar-refractivity contribution < 1.29 is 0 Å². The van der Waals surface area contributed by atoms with Gasteiger partial charge in [0, 0.05) is 6.04 Å². The van der Waals surface area contributed by atoms with Crippen molar-refractivity contribution in [3.05, 3.63) is 35.4 Å². The third-order valence-corrected chi connectivity index (χ3v) is 4.30. The predicted octanol–water partition coefficient (Wildman–Crippen LogP) is 3.38. The second kappa shape index (κ2) is 7.06. The third-order valence-electron chi connectivity index (χ3n) is 4.30. The summed E-state index contributed by atoms with van der Waals surface area (Å²) in [6, 6.07) is 9.64. The first-order chi connectivity index (χ1) is 9.22. The van der Waals surface area contributed by atoms with Crippen LogP contribution in [0.1, 0.15) is 43.4 Å². The zero-order chi connectivity index (χ0) is 13.7. The van der Waals surface area contributed by atoms with E-state index in [9.17, 15) is 0 Å². The average molecular weight is 260 g/mol. The molecule has 1 fully saturated rings. The van der Waals surface area contributed by atoms with E-state index in [1.54, 1.807) is 0 Å². The summed E-state index contributed by atoms with van der Waals surface area (Å²) in [7, 11) is 2.29. The van der Waals surface area contributed by atoms with Gasteiger partial charge in [-0.05, 0) is 57.9 Å². The molecule has 2 nitrogen and oxygen atoms in total. The summed E-state index contributed by atoms with van der Waals surface area (Å²) < 4.78 is 0. The van der Waals surface area contributed by atoms with Crippen molar-refractivity contribution in [1.82, 2.24) is 10.2 Å². The molecule has 0 bridgehead atoms. The van der Waals surface area contributed by atoms with E-state index in [0.29, 0.717) is 6.04 Å². The summed E-state index contributed by atoms with van der Waals surface area (Å²) in [5.41, 5.74) is 2.87. The fourth-order valence-corrected chi connectivity index (χ4v) is 3.35. The summed E-state index contributed by atoms with van der Waals surface area (Å²) in [6.07, 6.45) is 4.04. The highest BCUT2D eigenvalue weighted by Gasteiger charge is 2.28. The van der Waals surface area contributed by atoms with Crippen LogP contribution in [0.4, 0.5) is 0 Å². The molecule has 1 N–H and O–H groups in total. The van der Waals surface area contributed by atoms with Crippen LogP contribution in [0.5, 0.6) is 0 Å². The minimum absolute atomic E-state index is 0.571. The van der Waals surface area contributed by atoms with Gasteiger partial charge in [0.25, 0.3) is 0 Å². The van der Waals surface area contributed by atoms with Gasteiger partial charge in [-0.1, -0.05) is 43.2 Å². The smallest absolute Gasteiger partial charge is 0.0385 e. The average Bonchev–Trinajstić information content (AvgIpc) is 2.58. The van der Waals surface area contributed by atoms with Crippen molar-refractivity contribution in [3.8, 4) is 0 Å². The first-order valence-electron chi connectivity index (χ1n) is 7.70. The van der Waals surface area contributed by atoms with Gasteiger partial charge in [0.05, 0.1) is 0 Å². The molecule has 0 aliphatic carbocycles. The standard InChI is InChI=1S/C17H28N2/c1-4-18-13-16-9-5-6-11-19(3)17(16)15-10-7-8-14(2)12-15/h7-8,10,12,16-18H,4-6,9,11,13H2,1-3H3. The monoisotopic (exact) mass is 260 g/mol. The maximum Gasteiger partial charge on any atom is 0.0385 e. The summed E-state index contributed by atoms with van der Waals surface area (Å²) in [5.74, 6) is 0.731. The van der Waals surface area contributed by atoms with Crippen molar-refractivity contribution in [2.45, 2.75) is 39.2 Å². The number of hydrogen-bond acceptors (Lipinski definition) is 2. The lowest BCUT2D eigenvalue weighted by Gasteiger charge is -2.33. The normalized spacial score (nSPS) is 25.2. The Morgan fingerprint density at radius 1 is 1.32 bits per heavy atom. The van der Waals surface area contributed by atoms with Crippen LogP contribution in [0.25, 0.3) is 0 Å². The molecule has 1 heterocycles. The number of benzene rings is 1. The molecule has 0 saturated carbocycles. The molecule has 0 spiro atoms. The summed E-state index contributed by atoms with van der Waals surface area (Å²) in [5, 5.41) is 3.55. The van der Waals surface area contributed by atoms with Gasteiger partial charge in [-0.2, -0.15) is 0 Å². The molecule has 19 heavy (non-hydrogen) atoms. The second-order valence-corrected chi connectivity index (χ2v) is 5.90. The van der Waals surface area contributed by atoms with Crippen LogP contribution in [-0.4, -0.2) is 31.6 Å². The zero-order valence-electron chi connectivity index (χ0n) is 12.7. The van der Waals surface area contributed by atoms with E-state index in [1.165, 1.54) is 36.9 Å². The van der Waals surface area contributed by atoms with Gasteiger partial charge in [0.1, 0.15) is 0 Å². The van der Waals surface area contributed by atoms with Crippen molar-refractivity contribution in [2.75, 3.05) is 26.7 Å². The van der Waals surface area contributed by atoms with Gasteiger partial charge < -0.3 is 5.32 Å². The van der Waals surface area contributed by atoms with Crippen LogP contribution in [0.2, 0.25) is 0 Å². The Kier molecular flexibility index (Phi) is 5.41. The highest BCUT2D eigenvalue weighted by molar-refractivity contribution is 5.26. The van der Waals surface area contributed by atoms with E-state index < -0.39 is 0 Å². The SMILES string of the molecule is CCNCC1CCCCN(C)C1c1cccc(C)c1. The minimum atomic E-state index is 0.571. The van der Waals surface area contributed by atoms with E-state index in [4.69, 9.17) is 0 Å². The molecule has 1 aromatic rings. The lowest BCUT2D eigenvalue weighted by atomic mass is 9.88. The van der Waals surface area contributed by atoms with E-state index in [2.05, 4.69) is 55.4 Å². The van der Waals surface area contributed by atoms with E-state index in [-0.39, 0.29) is 0 Å². The maximum absolute atomic E-state index is 3.55. The van der Waals surface area contributed by atoms with Crippen molar-refractivity contribution >= 4 is 0 Å². The molecule has 1 aliphatic heterocycles. The number of likely N-dealkylation sites (tertiary alicyclic amines) is 1. The molecule has 0 amide bonds. The topological polar surface area (TPSA) is 15.3 Å². The Bertz CT molecular complexity index is 389. The molecule has 1 aliphatic rings. The molecule has 2 rings (SSSR count). The van der Waals surface area contributed by atoms with Gasteiger partial charge >= 0.3 is 0 Å². The summed E-state index contributed by atoms with van der Waals surface area (Å²) in [4.78, 5) is 2.56. The number of aryl methyl sites for hydroxylation is 1. The van der Waals surface area contributed by atoms with Crippen LogP contribution in [0.3, 0.4) is 0 Å². The molecule has 0 radical (unpaired) electrons. The number of hydrogen-bond donors (Lipinski definition) is 1. The lowest BCUT2D eigenvalue weighted by molar-refractivity contribution is 0.189. The Balaban J connectivity index is 2.23. The Morgan fingerprint density at radius 2 is 2.16 bits per heavy atom. The number of nitrogens with one attached hydrogen (secondary N) is 1. The van der Waals surface area contributed by atoms with Crippen LogP contribution in [0.15, 0.2) is 24.3 Å². The molecule has 106 valence electrons. The van der Waals surface area contributed by atoms with Crippen LogP contribution in [-0.2, 0) is 0 Å². The predicted molar refractivity (Wildman–Crippen MR) is 82.4 cm³/mol. The van der Waals surface area contributed by atoms with E-state index in [0.717, 1.165) is 19.0 Å². The Hall–Kier alpha value is -0.860. The van der Waals surface area contributed by atoms with Crippen molar-refractivity contribution in [3.63, 3.8) is 0 Å². The molecular formula is C17H28N2. The molecular weight excluding hydrogens is 232 g/mol. The van der Waals surface area contributed by atoms with Crippen LogP contribution >= 0.6 is 0 Å². The fraction of sp³-hybridized carbons (Fsp3) is 0.647. The maximum atomic E-state index is 3.55. The highest BCUT2D eigenvalue weighted by atomic mass is 15.1. The first kappa shape index (κ1) is 14.5. The minimum Gasteiger partial charge on any atom is -0.317 e. The second-order valence-electron chi connectivity index (χ2n) is 5.90. The molecule has 1 saturated heterocycles. The van der Waals surface area contributed by atoms with Gasteiger partial charge in [-0.25, -0.2) is 0 Å². The first-order valence-corrected chi connectivity index (χ1v) is 7.70. The zero-order valence-corrected chi connectivity index (χ0v) is 12.7. The highest BCUT2D eigenvalue weighted by Crippen LogP contribution is 2.34. The van der Waals surface area contributed by atoms with Crippen LogP contribution < -0.4 is 5.32 Å². The van der Waals surface area contributed by atoms with Crippen molar-refractivity contribution in [2.24, 2.45) is 5.92 Å². The molecule has 2 unspecified atom stereocenters. The van der Waals surface area contributed by atoms with E-state index in [1.807, 2.05) is 0 Å². The third kappa shape index (κ3) is 3.80. The Labute approximate surface area is 118 Å². The summed E-state index contributed by atoms with van der Waals surface area (Å²) in [6.45, 7) is 7.82. The molecule has 0 aromatic heterocycles. The number of rotatable bonds is 4. The van der Waals surface area contributed by atoms with Crippen molar-refractivity contribution in [1.29, 1.82) is 0 Å².